The first-order valence-electron chi connectivity index (χ1n) is 5.75. The predicted octanol–water partition coefficient (Wildman–Crippen LogP) is -0.908. The van der Waals surface area contributed by atoms with Crippen molar-refractivity contribution < 1.29 is 48.9 Å². The van der Waals surface area contributed by atoms with Gasteiger partial charge >= 0.3 is 24.4 Å². The molecule has 0 spiro atoms. The van der Waals surface area contributed by atoms with E-state index in [0.29, 0.717) is 5.39 Å². The Morgan fingerprint density at radius 3 is 1.96 bits per heavy atom. The van der Waals surface area contributed by atoms with Crippen LogP contribution in [0.1, 0.15) is 0 Å². The Kier molecular flexibility index (Phi) is 5.48. The second kappa shape index (κ2) is 6.36. The van der Waals surface area contributed by atoms with Gasteiger partial charge in [-0.25, -0.2) is 16.8 Å². The molecule has 0 bridgehead atoms. The molecule has 0 aliphatic rings. The molecule has 0 amide bonds. The largest absolute Gasteiger partial charge is 1.00 e. The fourth-order valence-corrected chi connectivity index (χ4v) is 5.37. The fourth-order valence-electron chi connectivity index (χ4n) is 1.90. The molecule has 2 rings (SSSR count). The van der Waals surface area contributed by atoms with E-state index in [-0.39, 0.29) is 29.9 Å². The number of rotatable bonds is 3. The number of nitrogen functional groups attached to an aromatic ring is 1. The smallest absolute Gasteiger partial charge is 0.398 e. The van der Waals surface area contributed by atoms with Crippen molar-refractivity contribution in [3.63, 3.8) is 0 Å². The Morgan fingerprint density at radius 2 is 1.43 bits per heavy atom. The zero-order valence-electron chi connectivity index (χ0n) is 11.8. The zero-order chi connectivity index (χ0) is 16.8. The van der Waals surface area contributed by atoms with Gasteiger partial charge in [0.05, 0.1) is 4.90 Å². The van der Waals surface area contributed by atoms with Crippen molar-refractivity contribution in [3.8, 4) is 0 Å². The van der Waals surface area contributed by atoms with Gasteiger partial charge in [-0.3, -0.25) is 0 Å². The van der Waals surface area contributed by atoms with Gasteiger partial charge in [-0.2, -0.15) is 13.2 Å². The van der Waals surface area contributed by atoms with Crippen LogP contribution < -0.4 is 24.6 Å². The molecule has 120 valence electrons. The van der Waals surface area contributed by atoms with Crippen LogP contribution >= 0.6 is 0 Å². The maximum Gasteiger partial charge on any atom is 1.00 e. The molecule has 2 aromatic rings. The van der Waals surface area contributed by atoms with E-state index in [9.17, 15) is 30.0 Å². The second-order valence-electron chi connectivity index (χ2n) is 4.49. The monoisotopic (exact) mass is 360 g/mol. The number of sulfone groups is 2. The molecule has 0 aliphatic heterocycles. The Balaban J connectivity index is 0.00000264. The number of hydrogen-bond acceptors (Lipinski definition) is 5. The van der Waals surface area contributed by atoms with Gasteiger partial charge < -0.3 is 5.73 Å². The van der Waals surface area contributed by atoms with Crippen molar-refractivity contribution in [3.05, 3.63) is 36.4 Å². The van der Waals surface area contributed by atoms with Crippen molar-refractivity contribution in [2.45, 2.75) is 10.4 Å². The Bertz CT molecular complexity index is 940. The Labute approximate surface area is 142 Å². The summed E-state index contributed by atoms with van der Waals surface area (Å²) in [6, 6.07) is 8.08. The minimum atomic E-state index is -5.80. The van der Waals surface area contributed by atoms with Crippen molar-refractivity contribution in [2.75, 3.05) is 10.8 Å². The van der Waals surface area contributed by atoms with Crippen molar-refractivity contribution >= 4 is 36.1 Å². The molecule has 0 radical (unpaired) electrons. The molecule has 0 fully saturated rings. The quantitative estimate of drug-likeness (QED) is 0.565. The molecule has 0 unspecified atom stereocenters. The minimum absolute atomic E-state index is 0. The number of halogens is 3. The summed E-state index contributed by atoms with van der Waals surface area (Å²) in [7, 11) is -10.5. The average Bonchev–Trinajstić information content (AvgIpc) is 2.36. The topological polar surface area (TPSA) is 94.3 Å². The Hall–Kier alpha value is -1.21. The van der Waals surface area contributed by atoms with Crippen LogP contribution in [0, 0.1) is 0 Å². The van der Waals surface area contributed by atoms with Crippen molar-refractivity contribution in [1.82, 2.24) is 0 Å². The standard InChI is InChI=1S/C12H10F3NO4S2.Li/c13-12(14,15)22(19,20)7-21(17,18)11-6-5-10(16)8-3-1-2-4-9(8)11;/h1-6H,7,16H2;/q;+1. The van der Waals surface area contributed by atoms with Gasteiger partial charge in [0.15, 0.2) is 14.9 Å². The van der Waals surface area contributed by atoms with E-state index in [2.05, 4.69) is 0 Å². The predicted molar refractivity (Wildman–Crippen MR) is 75.4 cm³/mol. The normalized spacial score (nSPS) is 12.8. The number of benzene rings is 2. The number of alkyl halides is 3. The number of fused-ring (bicyclic) bond motifs is 1. The van der Waals surface area contributed by atoms with E-state index >= 15 is 0 Å². The van der Waals surface area contributed by atoms with Crippen LogP contribution in [0.5, 0.6) is 0 Å². The fraction of sp³-hybridized carbons (Fsp3) is 0.167. The van der Waals surface area contributed by atoms with Gasteiger partial charge in [-0.05, 0) is 12.1 Å². The molecule has 0 aliphatic carbocycles. The van der Waals surface area contributed by atoms with Crippen molar-refractivity contribution in [1.29, 1.82) is 0 Å². The van der Waals surface area contributed by atoms with Crippen molar-refractivity contribution in [2.24, 2.45) is 0 Å². The van der Waals surface area contributed by atoms with E-state index in [1.54, 1.807) is 6.07 Å². The van der Waals surface area contributed by atoms with Crippen LogP contribution in [0.4, 0.5) is 18.9 Å². The first-order chi connectivity index (χ1) is 9.96. The number of anilines is 1. The van der Waals surface area contributed by atoms with Gasteiger partial charge in [0.2, 0.25) is 0 Å². The first kappa shape index (κ1) is 19.8. The number of nitrogens with two attached hydrogens (primary N) is 1. The van der Waals surface area contributed by atoms with E-state index in [1.807, 2.05) is 0 Å². The van der Waals surface area contributed by atoms with Crippen LogP contribution in [0.25, 0.3) is 10.8 Å². The third-order valence-corrected chi connectivity index (χ3v) is 7.13. The van der Waals surface area contributed by atoms with Crippen LogP contribution in [0.2, 0.25) is 0 Å². The van der Waals surface area contributed by atoms with Crippen LogP contribution in [0.15, 0.2) is 41.3 Å². The average molecular weight is 360 g/mol. The summed E-state index contributed by atoms with van der Waals surface area (Å²) in [4.78, 5) is -0.509. The second-order valence-corrected chi connectivity index (χ2v) is 8.80. The first-order valence-corrected chi connectivity index (χ1v) is 9.05. The molecule has 11 heteroatoms. The SMILES string of the molecule is Nc1ccc(S(=O)(=O)CS(=O)(=O)C(F)(F)F)c2ccccc12.[Li+]. The molecule has 5 nitrogen and oxygen atoms in total. The zero-order valence-corrected chi connectivity index (χ0v) is 13.5. The summed E-state index contributed by atoms with van der Waals surface area (Å²) in [6.45, 7) is 0. The van der Waals surface area contributed by atoms with Crippen LogP contribution in [-0.2, 0) is 19.7 Å². The summed E-state index contributed by atoms with van der Waals surface area (Å²) in [5.41, 5.74) is 0.266. The summed E-state index contributed by atoms with van der Waals surface area (Å²) in [5.74, 6) is 0. The van der Waals surface area contributed by atoms with Gasteiger partial charge in [0.25, 0.3) is 9.84 Å². The van der Waals surface area contributed by atoms with Gasteiger partial charge in [0.1, 0.15) is 0 Å². The summed E-state index contributed by atoms with van der Waals surface area (Å²) in [5, 5.41) is -1.66. The molecule has 23 heavy (non-hydrogen) atoms. The van der Waals surface area contributed by atoms with Crippen LogP contribution in [-0.4, -0.2) is 27.4 Å². The van der Waals surface area contributed by atoms with E-state index in [4.69, 9.17) is 5.73 Å². The van der Waals surface area contributed by atoms with Gasteiger partial charge in [-0.1, -0.05) is 24.3 Å². The summed E-state index contributed by atoms with van der Waals surface area (Å²) in [6.07, 6.45) is 0. The molecule has 2 N–H and O–H groups in total. The maximum atomic E-state index is 12.4. The molecule has 0 heterocycles. The van der Waals surface area contributed by atoms with Crippen LogP contribution in [0.3, 0.4) is 0 Å². The maximum absolute atomic E-state index is 12.4. The molecule has 0 atom stereocenters. The summed E-state index contributed by atoms with van der Waals surface area (Å²) >= 11 is 0. The summed E-state index contributed by atoms with van der Waals surface area (Å²) < 4.78 is 83.6. The third-order valence-electron chi connectivity index (χ3n) is 2.92. The van der Waals surface area contributed by atoms with E-state index in [0.717, 1.165) is 6.07 Å². The Morgan fingerprint density at radius 1 is 0.913 bits per heavy atom. The van der Waals surface area contributed by atoms with E-state index < -0.39 is 35.2 Å². The van der Waals surface area contributed by atoms with E-state index in [1.165, 1.54) is 24.3 Å². The molecule has 0 aromatic heterocycles. The molecular weight excluding hydrogens is 350 g/mol. The third kappa shape index (κ3) is 3.83. The van der Waals surface area contributed by atoms with Gasteiger partial charge in [-0.15, -0.1) is 0 Å². The minimum Gasteiger partial charge on any atom is -0.398 e. The molecular formula is C12H10F3LiNO4S2+. The van der Waals surface area contributed by atoms with Gasteiger partial charge in [0, 0.05) is 16.5 Å². The molecule has 0 saturated carbocycles. The number of hydrogen-bond donors (Lipinski definition) is 1. The molecule has 2 aromatic carbocycles. The molecule has 0 saturated heterocycles.